The Morgan fingerprint density at radius 1 is 1.38 bits per heavy atom. The van der Waals surface area contributed by atoms with E-state index in [1.807, 2.05) is 6.20 Å². The fraction of sp³-hybridized carbons (Fsp3) is 0.500. The first-order valence-corrected chi connectivity index (χ1v) is 9.35. The zero-order valence-corrected chi connectivity index (χ0v) is 18.5. The van der Waals surface area contributed by atoms with Crippen LogP contribution in [0.3, 0.4) is 0 Å². The maximum absolute atomic E-state index is 4.38. The summed E-state index contributed by atoms with van der Waals surface area (Å²) in [4.78, 5) is 13.5. The van der Waals surface area contributed by atoms with Crippen LogP contribution in [-0.2, 0) is 6.42 Å². The van der Waals surface area contributed by atoms with Crippen molar-refractivity contribution in [3.63, 3.8) is 0 Å². The van der Waals surface area contributed by atoms with Crippen LogP contribution in [0.4, 0.5) is 0 Å². The van der Waals surface area contributed by atoms with Crippen LogP contribution in [0.25, 0.3) is 0 Å². The van der Waals surface area contributed by atoms with E-state index < -0.39 is 0 Å². The van der Waals surface area contributed by atoms with E-state index >= 15 is 0 Å². The molecule has 0 saturated heterocycles. The fourth-order valence-corrected chi connectivity index (χ4v) is 3.95. The molecule has 0 saturated carbocycles. The first-order chi connectivity index (χ1) is 11.1. The second-order valence-corrected chi connectivity index (χ2v) is 7.79. The number of likely N-dealkylation sites (N-methyl/N-ethyl adjacent to an activating group) is 1. The molecule has 0 aromatic carbocycles. The lowest BCUT2D eigenvalue weighted by molar-refractivity contribution is 0.302. The third kappa shape index (κ3) is 6.66. The molecular weight excluding hydrogens is 453 g/mol. The van der Waals surface area contributed by atoms with Gasteiger partial charge in [-0.15, -0.1) is 46.7 Å². The van der Waals surface area contributed by atoms with Crippen molar-refractivity contribution in [3.05, 3.63) is 38.5 Å². The van der Waals surface area contributed by atoms with Gasteiger partial charge in [0, 0.05) is 42.5 Å². The predicted octanol–water partition coefficient (Wildman–Crippen LogP) is 3.14. The van der Waals surface area contributed by atoms with Gasteiger partial charge in [0.25, 0.3) is 0 Å². The summed E-state index contributed by atoms with van der Waals surface area (Å²) < 4.78 is 0. The minimum atomic E-state index is 0. The Labute approximate surface area is 169 Å². The number of hydrogen-bond acceptors (Lipinski definition) is 5. The van der Waals surface area contributed by atoms with Crippen LogP contribution < -0.4 is 10.6 Å². The molecule has 1 unspecified atom stereocenters. The van der Waals surface area contributed by atoms with Crippen molar-refractivity contribution in [2.24, 2.45) is 4.99 Å². The SMILES string of the molecule is CN=C(NCCc1ncc(C)s1)NCC(c1cccs1)N(C)C.I. The largest absolute Gasteiger partial charge is 0.356 e. The number of aromatic nitrogens is 1. The molecule has 2 rings (SSSR count). The normalized spacial score (nSPS) is 12.8. The molecule has 24 heavy (non-hydrogen) atoms. The zero-order chi connectivity index (χ0) is 16.7. The number of halogens is 1. The van der Waals surface area contributed by atoms with Gasteiger partial charge in [0.15, 0.2) is 5.96 Å². The number of rotatable bonds is 7. The number of guanidine groups is 1. The molecule has 5 nitrogen and oxygen atoms in total. The monoisotopic (exact) mass is 479 g/mol. The van der Waals surface area contributed by atoms with Crippen LogP contribution in [0.2, 0.25) is 0 Å². The van der Waals surface area contributed by atoms with E-state index in [-0.39, 0.29) is 24.0 Å². The molecule has 0 bridgehead atoms. The Morgan fingerprint density at radius 3 is 2.71 bits per heavy atom. The molecular formula is C16H26IN5S2. The number of aliphatic imine (C=N–C) groups is 1. The molecule has 0 aliphatic heterocycles. The number of nitrogens with zero attached hydrogens (tertiary/aromatic N) is 3. The maximum atomic E-state index is 4.38. The van der Waals surface area contributed by atoms with Gasteiger partial charge in [0.2, 0.25) is 0 Å². The molecule has 2 aromatic rings. The average Bonchev–Trinajstić information content (AvgIpc) is 3.17. The van der Waals surface area contributed by atoms with Crippen LogP contribution in [0, 0.1) is 6.92 Å². The smallest absolute Gasteiger partial charge is 0.191 e. The van der Waals surface area contributed by atoms with Crippen molar-refractivity contribution >= 4 is 52.6 Å². The highest BCUT2D eigenvalue weighted by molar-refractivity contribution is 14.0. The standard InChI is InChI=1S/C16H25N5S2.HI/c1-12-10-19-15(23-12)7-8-18-16(17-2)20-11-13(21(3)4)14-6-5-9-22-14;/h5-6,9-10,13H,7-8,11H2,1-4H3,(H2,17,18,20);1H. The fourth-order valence-electron chi connectivity index (χ4n) is 2.24. The molecule has 0 amide bonds. The van der Waals surface area contributed by atoms with Crippen molar-refractivity contribution in [2.75, 3.05) is 34.2 Å². The Balaban J connectivity index is 0.00000288. The van der Waals surface area contributed by atoms with E-state index in [1.165, 1.54) is 9.75 Å². The molecule has 0 aliphatic carbocycles. The number of thiazole rings is 1. The molecule has 0 fully saturated rings. The number of nitrogens with one attached hydrogen (secondary N) is 2. The quantitative estimate of drug-likeness (QED) is 0.364. The molecule has 2 N–H and O–H groups in total. The summed E-state index contributed by atoms with van der Waals surface area (Å²) in [6, 6.07) is 4.62. The summed E-state index contributed by atoms with van der Waals surface area (Å²) >= 11 is 3.54. The van der Waals surface area contributed by atoms with Crippen LogP contribution in [0.15, 0.2) is 28.7 Å². The summed E-state index contributed by atoms with van der Waals surface area (Å²) in [5, 5.41) is 10.1. The highest BCUT2D eigenvalue weighted by Gasteiger charge is 2.15. The van der Waals surface area contributed by atoms with Crippen LogP contribution >= 0.6 is 46.7 Å². The minimum Gasteiger partial charge on any atom is -0.356 e. The number of thiophene rings is 1. The molecule has 134 valence electrons. The molecule has 1 atom stereocenters. The van der Waals surface area contributed by atoms with E-state index in [0.29, 0.717) is 6.04 Å². The lowest BCUT2D eigenvalue weighted by atomic mass is 10.2. The first kappa shape index (κ1) is 21.3. The van der Waals surface area contributed by atoms with E-state index in [1.54, 1.807) is 29.7 Å². The van der Waals surface area contributed by atoms with Crippen LogP contribution in [0.5, 0.6) is 0 Å². The van der Waals surface area contributed by atoms with E-state index in [4.69, 9.17) is 0 Å². The van der Waals surface area contributed by atoms with Crippen molar-refractivity contribution in [1.82, 2.24) is 20.5 Å². The Kier molecular flexibility index (Phi) is 9.79. The van der Waals surface area contributed by atoms with E-state index in [2.05, 4.69) is 64.0 Å². The number of hydrogen-bond donors (Lipinski definition) is 2. The van der Waals surface area contributed by atoms with Crippen molar-refractivity contribution in [2.45, 2.75) is 19.4 Å². The summed E-state index contributed by atoms with van der Waals surface area (Å²) in [6.07, 6.45) is 2.84. The maximum Gasteiger partial charge on any atom is 0.191 e. The van der Waals surface area contributed by atoms with Gasteiger partial charge in [-0.1, -0.05) is 6.07 Å². The highest BCUT2D eigenvalue weighted by Crippen LogP contribution is 2.22. The van der Waals surface area contributed by atoms with Gasteiger partial charge in [-0.25, -0.2) is 4.98 Å². The molecule has 0 aliphatic rings. The van der Waals surface area contributed by atoms with Crippen LogP contribution in [-0.4, -0.2) is 50.1 Å². The summed E-state index contributed by atoms with van der Waals surface area (Å²) in [5.74, 6) is 0.835. The Hall–Kier alpha value is -0.710. The van der Waals surface area contributed by atoms with Gasteiger partial charge in [0.05, 0.1) is 11.0 Å². The van der Waals surface area contributed by atoms with Crippen molar-refractivity contribution in [3.8, 4) is 0 Å². The summed E-state index contributed by atoms with van der Waals surface area (Å²) in [7, 11) is 6.01. The molecule has 2 heterocycles. The second-order valence-electron chi connectivity index (χ2n) is 5.49. The van der Waals surface area contributed by atoms with Crippen molar-refractivity contribution < 1.29 is 0 Å². The summed E-state index contributed by atoms with van der Waals surface area (Å²) in [5.41, 5.74) is 0. The third-order valence-electron chi connectivity index (χ3n) is 3.48. The minimum absolute atomic E-state index is 0. The van der Waals surface area contributed by atoms with E-state index in [0.717, 1.165) is 30.5 Å². The second kappa shape index (κ2) is 11.0. The zero-order valence-electron chi connectivity index (χ0n) is 14.6. The van der Waals surface area contributed by atoms with Gasteiger partial charge in [-0.05, 0) is 32.5 Å². The third-order valence-corrected chi connectivity index (χ3v) is 5.43. The summed E-state index contributed by atoms with van der Waals surface area (Å²) in [6.45, 7) is 3.74. The highest BCUT2D eigenvalue weighted by atomic mass is 127. The lowest BCUT2D eigenvalue weighted by Crippen LogP contribution is -2.42. The first-order valence-electron chi connectivity index (χ1n) is 7.65. The predicted molar refractivity (Wildman–Crippen MR) is 116 cm³/mol. The van der Waals surface area contributed by atoms with Gasteiger partial charge in [-0.2, -0.15) is 0 Å². The molecule has 8 heteroatoms. The van der Waals surface area contributed by atoms with Gasteiger partial charge >= 0.3 is 0 Å². The lowest BCUT2D eigenvalue weighted by Gasteiger charge is -2.24. The van der Waals surface area contributed by atoms with Gasteiger partial charge < -0.3 is 15.5 Å². The van der Waals surface area contributed by atoms with Gasteiger partial charge in [-0.3, -0.25) is 4.99 Å². The average molecular weight is 479 g/mol. The Bertz CT molecular complexity index is 610. The van der Waals surface area contributed by atoms with E-state index in [9.17, 15) is 0 Å². The van der Waals surface area contributed by atoms with Crippen LogP contribution in [0.1, 0.15) is 20.8 Å². The number of aryl methyl sites for hydroxylation is 1. The van der Waals surface area contributed by atoms with Gasteiger partial charge in [0.1, 0.15) is 0 Å². The molecule has 0 spiro atoms. The Morgan fingerprint density at radius 2 is 2.17 bits per heavy atom. The topological polar surface area (TPSA) is 52.6 Å². The molecule has 2 aromatic heterocycles. The molecule has 0 radical (unpaired) electrons. The van der Waals surface area contributed by atoms with Crippen molar-refractivity contribution in [1.29, 1.82) is 0 Å².